The normalized spacial score (nSPS) is 10.6. The molecule has 0 saturated carbocycles. The summed E-state index contributed by atoms with van der Waals surface area (Å²) in [6, 6.07) is 15.0. The molecule has 128 valence electrons. The Kier molecular flexibility index (Phi) is 5.77. The first-order valence-electron chi connectivity index (χ1n) is 7.73. The van der Waals surface area contributed by atoms with Gasteiger partial charge in [0.25, 0.3) is 0 Å². The van der Waals surface area contributed by atoms with Crippen LogP contribution in [0.4, 0.5) is 5.69 Å². The van der Waals surface area contributed by atoms with Crippen LogP contribution in [-0.4, -0.2) is 27.3 Å². The molecule has 0 fully saturated rings. The van der Waals surface area contributed by atoms with Crippen molar-refractivity contribution in [3.63, 3.8) is 0 Å². The fraction of sp³-hybridized carbons (Fsp3) is 0.167. The highest BCUT2D eigenvalue weighted by molar-refractivity contribution is 6.31. The summed E-state index contributed by atoms with van der Waals surface area (Å²) in [5, 5.41) is 7.48. The number of aromatic nitrogens is 3. The van der Waals surface area contributed by atoms with E-state index in [0.29, 0.717) is 23.9 Å². The van der Waals surface area contributed by atoms with E-state index in [1.165, 1.54) is 6.33 Å². The lowest BCUT2D eigenvalue weighted by atomic mass is 10.2. The number of carbonyl (C=O) groups excluding carboxylic acids is 1. The van der Waals surface area contributed by atoms with Gasteiger partial charge in [-0.05, 0) is 29.3 Å². The molecule has 0 aliphatic rings. The van der Waals surface area contributed by atoms with E-state index < -0.39 is 0 Å². The highest BCUT2D eigenvalue weighted by Gasteiger charge is 2.05. The molecule has 2 aromatic carbocycles. The van der Waals surface area contributed by atoms with Crippen molar-refractivity contribution in [2.75, 3.05) is 11.9 Å². The number of hydrogen-bond donors (Lipinski definition) is 1. The second-order valence-electron chi connectivity index (χ2n) is 5.42. The standard InChI is InChI=1S/C18H17ClN4O2/c19-17-4-2-1-3-15(17)10-25-11-18(24)22-16-7-5-14(6-8-16)9-23-13-20-12-21-23/h1-8,12-13H,9-11H2,(H,22,24). The van der Waals surface area contributed by atoms with Gasteiger partial charge in [-0.1, -0.05) is 41.9 Å². The number of nitrogens with one attached hydrogen (secondary N) is 1. The summed E-state index contributed by atoms with van der Waals surface area (Å²) in [4.78, 5) is 15.8. The molecule has 0 aliphatic heterocycles. The molecule has 0 radical (unpaired) electrons. The van der Waals surface area contributed by atoms with Crippen LogP contribution in [0.1, 0.15) is 11.1 Å². The van der Waals surface area contributed by atoms with Crippen molar-refractivity contribution >= 4 is 23.2 Å². The summed E-state index contributed by atoms with van der Waals surface area (Å²) >= 11 is 6.04. The van der Waals surface area contributed by atoms with E-state index in [4.69, 9.17) is 16.3 Å². The van der Waals surface area contributed by atoms with E-state index in [0.717, 1.165) is 11.1 Å². The van der Waals surface area contributed by atoms with Crippen LogP contribution in [0.3, 0.4) is 0 Å². The third kappa shape index (κ3) is 5.14. The Bertz CT molecular complexity index is 819. The summed E-state index contributed by atoms with van der Waals surface area (Å²) in [7, 11) is 0. The first-order chi connectivity index (χ1) is 12.2. The minimum absolute atomic E-state index is 0.0358. The van der Waals surface area contributed by atoms with Gasteiger partial charge >= 0.3 is 0 Å². The lowest BCUT2D eigenvalue weighted by molar-refractivity contribution is -0.121. The lowest BCUT2D eigenvalue weighted by Gasteiger charge is -2.08. The Labute approximate surface area is 150 Å². The van der Waals surface area contributed by atoms with Gasteiger partial charge in [0, 0.05) is 10.7 Å². The minimum Gasteiger partial charge on any atom is -0.367 e. The number of ether oxygens (including phenoxy) is 1. The number of carbonyl (C=O) groups is 1. The van der Waals surface area contributed by atoms with Gasteiger partial charge < -0.3 is 10.1 Å². The zero-order valence-electron chi connectivity index (χ0n) is 13.4. The van der Waals surface area contributed by atoms with Crippen LogP contribution in [0, 0.1) is 0 Å². The zero-order valence-corrected chi connectivity index (χ0v) is 14.2. The third-order valence-corrected chi connectivity index (χ3v) is 3.87. The first-order valence-corrected chi connectivity index (χ1v) is 8.11. The zero-order chi connectivity index (χ0) is 17.5. The van der Waals surface area contributed by atoms with Crippen molar-refractivity contribution in [2.24, 2.45) is 0 Å². The second-order valence-corrected chi connectivity index (χ2v) is 5.83. The number of anilines is 1. The van der Waals surface area contributed by atoms with Crippen molar-refractivity contribution in [1.29, 1.82) is 0 Å². The molecule has 7 heteroatoms. The van der Waals surface area contributed by atoms with Crippen LogP contribution >= 0.6 is 11.6 Å². The Morgan fingerprint density at radius 2 is 1.96 bits per heavy atom. The highest BCUT2D eigenvalue weighted by atomic mass is 35.5. The fourth-order valence-electron chi connectivity index (χ4n) is 2.26. The van der Waals surface area contributed by atoms with Crippen molar-refractivity contribution in [3.05, 3.63) is 77.3 Å². The van der Waals surface area contributed by atoms with E-state index in [1.54, 1.807) is 17.1 Å². The molecule has 1 amide bonds. The predicted molar refractivity (Wildman–Crippen MR) is 95.3 cm³/mol. The van der Waals surface area contributed by atoms with Gasteiger partial charge in [-0.2, -0.15) is 5.10 Å². The molecule has 1 heterocycles. The molecule has 0 spiro atoms. The smallest absolute Gasteiger partial charge is 0.250 e. The Morgan fingerprint density at radius 3 is 2.68 bits per heavy atom. The number of rotatable bonds is 7. The number of hydrogen-bond acceptors (Lipinski definition) is 4. The van der Waals surface area contributed by atoms with Crippen LogP contribution < -0.4 is 5.32 Å². The van der Waals surface area contributed by atoms with Crippen LogP contribution in [0.25, 0.3) is 0 Å². The van der Waals surface area contributed by atoms with E-state index >= 15 is 0 Å². The van der Waals surface area contributed by atoms with Gasteiger partial charge in [0.15, 0.2) is 0 Å². The van der Waals surface area contributed by atoms with E-state index in [1.807, 2.05) is 42.5 Å². The average Bonchev–Trinajstić information content (AvgIpc) is 3.11. The Balaban J connectivity index is 1.45. The monoisotopic (exact) mass is 356 g/mol. The largest absolute Gasteiger partial charge is 0.367 e. The highest BCUT2D eigenvalue weighted by Crippen LogP contribution is 2.15. The molecule has 1 N–H and O–H groups in total. The van der Waals surface area contributed by atoms with Crippen molar-refractivity contribution in [2.45, 2.75) is 13.2 Å². The van der Waals surface area contributed by atoms with E-state index in [-0.39, 0.29) is 12.5 Å². The summed E-state index contributed by atoms with van der Waals surface area (Å²) in [6.07, 6.45) is 3.16. The number of benzene rings is 2. The number of nitrogens with zero attached hydrogens (tertiary/aromatic N) is 3. The molecule has 0 atom stereocenters. The van der Waals surface area contributed by atoms with Gasteiger partial charge in [0.2, 0.25) is 5.91 Å². The Hall–Kier alpha value is -2.70. The quantitative estimate of drug-likeness (QED) is 0.706. The van der Waals surface area contributed by atoms with Gasteiger partial charge in [-0.25, -0.2) is 9.67 Å². The topological polar surface area (TPSA) is 69.0 Å². The van der Waals surface area contributed by atoms with Gasteiger partial charge in [-0.15, -0.1) is 0 Å². The maximum absolute atomic E-state index is 11.9. The van der Waals surface area contributed by atoms with Crippen molar-refractivity contribution in [1.82, 2.24) is 14.8 Å². The summed E-state index contributed by atoms with van der Waals surface area (Å²) in [5.74, 6) is -0.212. The van der Waals surface area contributed by atoms with Crippen LogP contribution in [0.5, 0.6) is 0 Å². The van der Waals surface area contributed by atoms with E-state index in [2.05, 4.69) is 15.4 Å². The van der Waals surface area contributed by atoms with Crippen LogP contribution in [0.15, 0.2) is 61.2 Å². The fourth-order valence-corrected chi connectivity index (χ4v) is 2.45. The molecule has 6 nitrogen and oxygen atoms in total. The van der Waals surface area contributed by atoms with Crippen molar-refractivity contribution in [3.8, 4) is 0 Å². The lowest BCUT2D eigenvalue weighted by Crippen LogP contribution is -2.18. The third-order valence-electron chi connectivity index (χ3n) is 3.50. The van der Waals surface area contributed by atoms with Crippen molar-refractivity contribution < 1.29 is 9.53 Å². The van der Waals surface area contributed by atoms with Gasteiger partial charge in [0.1, 0.15) is 19.3 Å². The first kappa shape index (κ1) is 17.1. The van der Waals surface area contributed by atoms with Gasteiger partial charge in [-0.3, -0.25) is 4.79 Å². The SMILES string of the molecule is O=C(COCc1ccccc1Cl)Nc1ccc(Cn2cncn2)cc1. The van der Waals surface area contributed by atoms with E-state index in [9.17, 15) is 4.79 Å². The van der Waals surface area contributed by atoms with Crippen LogP contribution in [-0.2, 0) is 22.7 Å². The number of halogens is 1. The molecule has 3 aromatic rings. The van der Waals surface area contributed by atoms with Gasteiger partial charge in [0.05, 0.1) is 13.2 Å². The van der Waals surface area contributed by atoms with Crippen LogP contribution in [0.2, 0.25) is 5.02 Å². The molecule has 3 rings (SSSR count). The minimum atomic E-state index is -0.212. The average molecular weight is 357 g/mol. The molecule has 0 saturated heterocycles. The molecule has 1 aromatic heterocycles. The molecular formula is C18H17ClN4O2. The summed E-state index contributed by atoms with van der Waals surface area (Å²) in [5.41, 5.74) is 2.64. The molecule has 25 heavy (non-hydrogen) atoms. The molecular weight excluding hydrogens is 340 g/mol. The maximum atomic E-state index is 11.9. The molecule has 0 aliphatic carbocycles. The maximum Gasteiger partial charge on any atom is 0.250 e. The molecule has 0 bridgehead atoms. The second kappa shape index (κ2) is 8.41. The molecule has 0 unspecified atom stereocenters. The Morgan fingerprint density at radius 1 is 1.16 bits per heavy atom. The number of amides is 1. The predicted octanol–water partition coefficient (Wildman–Crippen LogP) is 3.14. The summed E-state index contributed by atoms with van der Waals surface area (Å²) < 4.78 is 7.15. The summed E-state index contributed by atoms with van der Waals surface area (Å²) in [6.45, 7) is 0.894.